The van der Waals surface area contributed by atoms with Gasteiger partial charge in [0, 0.05) is 18.3 Å². The maximum atomic E-state index is 12.7. The number of hydrogen-bond acceptors (Lipinski definition) is 6. The van der Waals surface area contributed by atoms with Crippen LogP contribution in [0, 0.1) is 5.92 Å². The molecule has 0 radical (unpaired) electrons. The van der Waals surface area contributed by atoms with Gasteiger partial charge in [0.25, 0.3) is 0 Å². The first-order chi connectivity index (χ1) is 13.5. The summed E-state index contributed by atoms with van der Waals surface area (Å²) in [6.07, 6.45) is 3.53. The minimum Gasteiger partial charge on any atom is -0.480 e. The van der Waals surface area contributed by atoms with Crippen molar-refractivity contribution in [2.24, 2.45) is 11.7 Å². The number of imidazole rings is 1. The Labute approximate surface area is 169 Å². The van der Waals surface area contributed by atoms with Gasteiger partial charge in [-0.3, -0.25) is 19.2 Å². The molecular formula is C18H30N6O5. The first-order valence-corrected chi connectivity index (χ1v) is 9.38. The van der Waals surface area contributed by atoms with E-state index in [4.69, 9.17) is 10.8 Å². The maximum absolute atomic E-state index is 12.7. The van der Waals surface area contributed by atoms with Gasteiger partial charge in [0.2, 0.25) is 17.7 Å². The molecule has 0 saturated carbocycles. The van der Waals surface area contributed by atoms with Crippen molar-refractivity contribution in [2.75, 3.05) is 0 Å². The van der Waals surface area contributed by atoms with Crippen LogP contribution >= 0.6 is 0 Å². The number of carbonyl (C=O) groups is 4. The monoisotopic (exact) mass is 410 g/mol. The molecule has 0 aliphatic rings. The van der Waals surface area contributed by atoms with Crippen LogP contribution < -0.4 is 21.7 Å². The number of aliphatic carboxylic acids is 1. The lowest BCUT2D eigenvalue weighted by Gasteiger charge is -2.23. The Hall–Kier alpha value is -2.95. The van der Waals surface area contributed by atoms with Crippen LogP contribution in [0.4, 0.5) is 0 Å². The molecule has 0 aliphatic carbocycles. The highest BCUT2D eigenvalue weighted by Gasteiger charge is 2.28. The lowest BCUT2D eigenvalue weighted by Crippen LogP contribution is -2.56. The van der Waals surface area contributed by atoms with E-state index >= 15 is 0 Å². The molecular weight excluding hydrogens is 380 g/mol. The number of nitrogens with one attached hydrogen (secondary N) is 4. The minimum absolute atomic E-state index is 0.117. The number of nitrogens with two attached hydrogens (primary N) is 1. The van der Waals surface area contributed by atoms with Crippen LogP contribution in [0.3, 0.4) is 0 Å². The third-order valence-corrected chi connectivity index (χ3v) is 4.16. The van der Waals surface area contributed by atoms with Gasteiger partial charge in [-0.15, -0.1) is 0 Å². The van der Waals surface area contributed by atoms with Crippen molar-refractivity contribution in [1.29, 1.82) is 0 Å². The summed E-state index contributed by atoms with van der Waals surface area (Å²) >= 11 is 0. The van der Waals surface area contributed by atoms with E-state index in [0.29, 0.717) is 12.1 Å². The van der Waals surface area contributed by atoms with Crippen LogP contribution in [0.2, 0.25) is 0 Å². The summed E-state index contributed by atoms with van der Waals surface area (Å²) in [7, 11) is 0. The minimum atomic E-state index is -1.19. The molecule has 0 saturated heterocycles. The van der Waals surface area contributed by atoms with E-state index in [1.807, 2.05) is 13.8 Å². The Morgan fingerprint density at radius 3 is 2.17 bits per heavy atom. The van der Waals surface area contributed by atoms with Gasteiger partial charge in [0.15, 0.2) is 0 Å². The van der Waals surface area contributed by atoms with Crippen molar-refractivity contribution in [2.45, 2.75) is 64.7 Å². The van der Waals surface area contributed by atoms with Crippen LogP contribution in [0.25, 0.3) is 0 Å². The summed E-state index contributed by atoms with van der Waals surface area (Å²) < 4.78 is 0. The summed E-state index contributed by atoms with van der Waals surface area (Å²) in [6, 6.07) is -3.87. The van der Waals surface area contributed by atoms with Crippen molar-refractivity contribution in [3.05, 3.63) is 18.2 Å². The van der Waals surface area contributed by atoms with E-state index in [-0.39, 0.29) is 12.3 Å². The second-order valence-electron chi connectivity index (χ2n) is 7.38. The van der Waals surface area contributed by atoms with E-state index in [0.717, 1.165) is 0 Å². The fraction of sp³-hybridized carbons (Fsp3) is 0.611. The largest absolute Gasteiger partial charge is 0.480 e. The lowest BCUT2D eigenvalue weighted by atomic mass is 10.0. The number of carbonyl (C=O) groups excluding carboxylic acids is 3. The summed E-state index contributed by atoms with van der Waals surface area (Å²) in [6.45, 7) is 6.59. The molecule has 0 spiro atoms. The molecule has 162 valence electrons. The molecule has 7 N–H and O–H groups in total. The van der Waals surface area contributed by atoms with Crippen LogP contribution in [-0.4, -0.2) is 62.9 Å². The number of carboxylic acids is 1. The molecule has 29 heavy (non-hydrogen) atoms. The number of hydrogen-bond donors (Lipinski definition) is 6. The molecule has 3 amide bonds. The molecule has 11 nitrogen and oxygen atoms in total. The van der Waals surface area contributed by atoms with Crippen LogP contribution in [0.5, 0.6) is 0 Å². The van der Waals surface area contributed by atoms with E-state index in [1.54, 1.807) is 0 Å². The Morgan fingerprint density at radius 1 is 1.03 bits per heavy atom. The summed E-state index contributed by atoms with van der Waals surface area (Å²) in [5.41, 5.74) is 6.50. The normalized spacial score (nSPS) is 15.1. The fourth-order valence-corrected chi connectivity index (χ4v) is 2.50. The Morgan fingerprint density at radius 2 is 1.66 bits per heavy atom. The third kappa shape index (κ3) is 8.30. The zero-order valence-electron chi connectivity index (χ0n) is 17.1. The van der Waals surface area contributed by atoms with Gasteiger partial charge in [-0.25, -0.2) is 4.98 Å². The zero-order chi connectivity index (χ0) is 22.1. The van der Waals surface area contributed by atoms with Crippen molar-refractivity contribution in [3.63, 3.8) is 0 Å². The molecule has 1 aromatic heterocycles. The Kier molecular flexibility index (Phi) is 9.26. The third-order valence-electron chi connectivity index (χ3n) is 4.16. The number of amides is 3. The van der Waals surface area contributed by atoms with E-state index < -0.39 is 47.9 Å². The van der Waals surface area contributed by atoms with Crippen LogP contribution in [0.1, 0.15) is 39.8 Å². The van der Waals surface area contributed by atoms with E-state index in [2.05, 4.69) is 25.9 Å². The zero-order valence-corrected chi connectivity index (χ0v) is 17.1. The highest BCUT2D eigenvalue weighted by atomic mass is 16.4. The summed E-state index contributed by atoms with van der Waals surface area (Å²) in [5.74, 6) is -2.72. The van der Waals surface area contributed by atoms with Crippen LogP contribution in [-0.2, 0) is 25.6 Å². The van der Waals surface area contributed by atoms with Gasteiger partial charge in [-0.05, 0) is 26.2 Å². The van der Waals surface area contributed by atoms with Gasteiger partial charge in [0.05, 0.1) is 12.4 Å². The molecule has 0 bridgehead atoms. The Balaban J connectivity index is 2.80. The SMILES string of the molecule is CC(C)CC(N)C(=O)NC(Cc1cnc[nH]1)C(=O)NC(C)C(=O)NC(C)C(=O)O. The first kappa shape index (κ1) is 24.1. The topological polar surface area (TPSA) is 179 Å². The molecule has 0 aromatic carbocycles. The molecule has 4 unspecified atom stereocenters. The maximum Gasteiger partial charge on any atom is 0.325 e. The average molecular weight is 410 g/mol. The van der Waals surface area contributed by atoms with E-state index in [1.165, 1.54) is 26.4 Å². The van der Waals surface area contributed by atoms with Gasteiger partial charge < -0.3 is 31.8 Å². The van der Waals surface area contributed by atoms with Crippen molar-refractivity contribution in [3.8, 4) is 0 Å². The molecule has 0 aliphatic heterocycles. The average Bonchev–Trinajstić information content (AvgIpc) is 3.13. The highest BCUT2D eigenvalue weighted by molar-refractivity contribution is 5.93. The van der Waals surface area contributed by atoms with Crippen LogP contribution in [0.15, 0.2) is 12.5 Å². The fourth-order valence-electron chi connectivity index (χ4n) is 2.50. The highest BCUT2D eigenvalue weighted by Crippen LogP contribution is 2.05. The smallest absolute Gasteiger partial charge is 0.325 e. The standard InChI is InChI=1S/C18H30N6O5/c1-9(2)5-13(19)16(26)24-14(6-12-7-20-8-21-12)17(27)22-10(3)15(25)23-11(4)18(28)29/h7-11,13-14H,5-6,19H2,1-4H3,(H,20,21)(H,22,27)(H,23,25)(H,24,26)(H,28,29). The van der Waals surface area contributed by atoms with Crippen molar-refractivity contribution >= 4 is 23.7 Å². The number of nitrogens with zero attached hydrogens (tertiary/aromatic N) is 1. The molecule has 4 atom stereocenters. The lowest BCUT2D eigenvalue weighted by molar-refractivity contribution is -0.141. The molecule has 0 fully saturated rings. The van der Waals surface area contributed by atoms with Gasteiger partial charge in [0.1, 0.15) is 18.1 Å². The molecule has 1 heterocycles. The summed E-state index contributed by atoms with van der Waals surface area (Å²) in [4.78, 5) is 54.7. The quantitative estimate of drug-likeness (QED) is 0.268. The number of carboxylic acid groups (broad SMARTS) is 1. The van der Waals surface area contributed by atoms with Crippen molar-refractivity contribution in [1.82, 2.24) is 25.9 Å². The second kappa shape index (κ2) is 11.1. The van der Waals surface area contributed by atoms with Gasteiger partial charge in [-0.2, -0.15) is 0 Å². The van der Waals surface area contributed by atoms with Gasteiger partial charge >= 0.3 is 5.97 Å². The number of aromatic amines is 1. The number of H-pyrrole nitrogens is 1. The molecule has 1 rings (SSSR count). The number of rotatable bonds is 11. The van der Waals surface area contributed by atoms with Gasteiger partial charge in [-0.1, -0.05) is 13.8 Å². The Bertz CT molecular complexity index is 706. The second-order valence-corrected chi connectivity index (χ2v) is 7.38. The van der Waals surface area contributed by atoms with E-state index in [9.17, 15) is 19.2 Å². The first-order valence-electron chi connectivity index (χ1n) is 9.38. The molecule has 1 aromatic rings. The van der Waals surface area contributed by atoms with Crippen molar-refractivity contribution < 1.29 is 24.3 Å². The predicted octanol–water partition coefficient (Wildman–Crippen LogP) is -1.10. The molecule has 11 heteroatoms. The summed E-state index contributed by atoms with van der Waals surface area (Å²) in [5, 5.41) is 16.2. The number of aromatic nitrogens is 2. The predicted molar refractivity (Wildman–Crippen MR) is 104 cm³/mol.